The van der Waals surface area contributed by atoms with Crippen molar-refractivity contribution in [1.82, 2.24) is 9.55 Å². The van der Waals surface area contributed by atoms with Crippen LogP contribution in [-0.2, 0) is 9.53 Å². The van der Waals surface area contributed by atoms with Gasteiger partial charge in [-0.25, -0.2) is 4.98 Å². The summed E-state index contributed by atoms with van der Waals surface area (Å²) in [6.45, 7) is 4.16. The third-order valence-corrected chi connectivity index (χ3v) is 6.10. The molecule has 3 aromatic rings. The van der Waals surface area contributed by atoms with E-state index < -0.39 is 0 Å². The van der Waals surface area contributed by atoms with E-state index in [4.69, 9.17) is 22.1 Å². The molecule has 152 valence electrons. The van der Waals surface area contributed by atoms with E-state index in [0.29, 0.717) is 40.8 Å². The lowest BCUT2D eigenvalue weighted by atomic mass is 9.71. The third-order valence-electron chi connectivity index (χ3n) is 5.84. The van der Waals surface area contributed by atoms with E-state index in [9.17, 15) is 4.79 Å². The van der Waals surface area contributed by atoms with Gasteiger partial charge >= 0.3 is 0 Å². The second-order valence-electron chi connectivity index (χ2n) is 8.72. The summed E-state index contributed by atoms with van der Waals surface area (Å²) in [5, 5.41) is 0.641. The van der Waals surface area contributed by atoms with Crippen LogP contribution in [0.15, 0.2) is 72.1 Å². The number of imidazole rings is 1. The molecule has 1 aliphatic carbocycles. The molecule has 0 saturated carbocycles. The summed E-state index contributed by atoms with van der Waals surface area (Å²) in [7, 11) is 0. The van der Waals surface area contributed by atoms with E-state index in [1.54, 1.807) is 6.33 Å². The van der Waals surface area contributed by atoms with Crippen molar-refractivity contribution in [2.75, 3.05) is 0 Å². The van der Waals surface area contributed by atoms with Crippen molar-refractivity contribution in [1.29, 1.82) is 0 Å². The van der Waals surface area contributed by atoms with E-state index in [2.05, 4.69) is 18.8 Å². The maximum absolute atomic E-state index is 13.3. The van der Waals surface area contributed by atoms with Crippen molar-refractivity contribution in [3.8, 4) is 0 Å². The summed E-state index contributed by atoms with van der Waals surface area (Å²) in [4.78, 5) is 17.8. The zero-order valence-corrected chi connectivity index (χ0v) is 17.6. The number of ketones is 1. The maximum Gasteiger partial charge on any atom is 0.211 e. The number of nitrogens with two attached hydrogens (primary N) is 1. The van der Waals surface area contributed by atoms with E-state index in [-0.39, 0.29) is 17.1 Å². The van der Waals surface area contributed by atoms with Gasteiger partial charge in [0.1, 0.15) is 12.1 Å². The Morgan fingerprint density at radius 3 is 2.63 bits per heavy atom. The highest BCUT2D eigenvalue weighted by Crippen LogP contribution is 2.49. The van der Waals surface area contributed by atoms with Crippen LogP contribution < -0.4 is 5.73 Å². The van der Waals surface area contributed by atoms with Crippen molar-refractivity contribution < 1.29 is 9.53 Å². The molecule has 0 saturated heterocycles. The van der Waals surface area contributed by atoms with Crippen molar-refractivity contribution in [2.45, 2.75) is 32.6 Å². The molecule has 2 heterocycles. The lowest BCUT2D eigenvalue weighted by Gasteiger charge is -2.38. The van der Waals surface area contributed by atoms with Gasteiger partial charge in [-0.05, 0) is 35.2 Å². The van der Waals surface area contributed by atoms with Gasteiger partial charge in [-0.3, -0.25) is 9.36 Å². The number of carbonyl (C=O) groups excluding carboxylic acids is 1. The Morgan fingerprint density at radius 1 is 1.13 bits per heavy atom. The van der Waals surface area contributed by atoms with Crippen LogP contribution in [0.5, 0.6) is 0 Å². The minimum atomic E-state index is -0.354. The standard InChI is InChI=1S/C24H22ClN3O2/c1-24(2)11-18(29)21-19(12-24)30-23(26)22(20(21)14-7-9-15(25)10-8-14)28-13-27-16-5-3-4-6-17(16)28/h3-10,13,20H,11-12,26H2,1-2H3. The molecule has 2 N–H and O–H groups in total. The van der Waals surface area contributed by atoms with Crippen molar-refractivity contribution in [3.05, 3.63) is 82.7 Å². The number of fused-ring (bicyclic) bond motifs is 1. The summed E-state index contributed by atoms with van der Waals surface area (Å²) in [5.74, 6) is 0.701. The number of allylic oxidation sites excluding steroid dienone is 3. The summed E-state index contributed by atoms with van der Waals surface area (Å²) >= 11 is 6.14. The number of hydrogen-bond acceptors (Lipinski definition) is 4. The van der Waals surface area contributed by atoms with Crippen molar-refractivity contribution in [2.24, 2.45) is 11.1 Å². The quantitative estimate of drug-likeness (QED) is 0.617. The average molecular weight is 420 g/mol. The zero-order chi connectivity index (χ0) is 21.0. The smallest absolute Gasteiger partial charge is 0.211 e. The van der Waals surface area contributed by atoms with E-state index in [0.717, 1.165) is 16.6 Å². The molecule has 1 aliphatic heterocycles. The number of aromatic nitrogens is 2. The number of para-hydroxylation sites is 2. The molecule has 6 heteroatoms. The van der Waals surface area contributed by atoms with Crippen LogP contribution >= 0.6 is 11.6 Å². The van der Waals surface area contributed by atoms with Gasteiger partial charge in [0.2, 0.25) is 5.88 Å². The lowest BCUT2D eigenvalue weighted by Crippen LogP contribution is -2.34. The van der Waals surface area contributed by atoms with Gasteiger partial charge in [0.05, 0.1) is 22.6 Å². The van der Waals surface area contributed by atoms with Crippen LogP contribution in [-0.4, -0.2) is 15.3 Å². The number of rotatable bonds is 2. The number of carbonyl (C=O) groups is 1. The number of halogens is 1. The highest BCUT2D eigenvalue weighted by molar-refractivity contribution is 6.30. The minimum Gasteiger partial charge on any atom is -0.444 e. The van der Waals surface area contributed by atoms with Crippen LogP contribution in [0, 0.1) is 5.41 Å². The Morgan fingerprint density at radius 2 is 1.87 bits per heavy atom. The summed E-state index contributed by atoms with van der Waals surface area (Å²) in [6, 6.07) is 15.4. The molecule has 1 atom stereocenters. The number of hydrogen-bond donors (Lipinski definition) is 1. The molecule has 5 rings (SSSR count). The SMILES string of the molecule is CC1(C)CC(=O)C2=C(C1)OC(N)=C(n1cnc3ccccc31)C2c1ccc(Cl)cc1. The lowest BCUT2D eigenvalue weighted by molar-refractivity contribution is -0.118. The molecule has 1 aromatic heterocycles. The fourth-order valence-corrected chi connectivity index (χ4v) is 4.67. The Balaban J connectivity index is 1.75. The molecule has 0 amide bonds. The molecule has 0 fully saturated rings. The fraction of sp³-hybridized carbons (Fsp3) is 0.250. The average Bonchev–Trinajstić information content (AvgIpc) is 3.10. The van der Waals surface area contributed by atoms with Crippen molar-refractivity contribution in [3.63, 3.8) is 0 Å². The topological polar surface area (TPSA) is 70.1 Å². The van der Waals surface area contributed by atoms with Crippen LogP contribution in [0.1, 0.15) is 38.2 Å². The predicted octanol–water partition coefficient (Wildman–Crippen LogP) is 5.23. The van der Waals surface area contributed by atoms with Gasteiger partial charge in [0.15, 0.2) is 5.78 Å². The van der Waals surface area contributed by atoms with Gasteiger partial charge in [0, 0.05) is 23.4 Å². The van der Waals surface area contributed by atoms with E-state index in [1.807, 2.05) is 53.1 Å². The predicted molar refractivity (Wildman–Crippen MR) is 117 cm³/mol. The summed E-state index contributed by atoms with van der Waals surface area (Å²) < 4.78 is 8.03. The van der Waals surface area contributed by atoms with E-state index >= 15 is 0 Å². The van der Waals surface area contributed by atoms with Gasteiger partial charge in [-0.15, -0.1) is 0 Å². The van der Waals surface area contributed by atoms with Crippen LogP contribution in [0.2, 0.25) is 5.02 Å². The van der Waals surface area contributed by atoms with Crippen LogP contribution in [0.4, 0.5) is 0 Å². The number of benzene rings is 2. The van der Waals surface area contributed by atoms with Gasteiger partial charge in [-0.2, -0.15) is 0 Å². The molecule has 0 bridgehead atoms. The summed E-state index contributed by atoms with van der Waals surface area (Å²) in [6.07, 6.45) is 2.87. The molecule has 1 unspecified atom stereocenters. The minimum absolute atomic E-state index is 0.0932. The molecule has 2 aliphatic rings. The molecule has 0 spiro atoms. The summed E-state index contributed by atoms with van der Waals surface area (Å²) in [5.41, 5.74) is 10.4. The van der Waals surface area contributed by atoms with Gasteiger partial charge < -0.3 is 10.5 Å². The molecule has 0 radical (unpaired) electrons. The Bertz CT molecular complexity index is 1230. The van der Waals surface area contributed by atoms with E-state index in [1.165, 1.54) is 0 Å². The molecular weight excluding hydrogens is 398 g/mol. The van der Waals surface area contributed by atoms with Crippen LogP contribution in [0.3, 0.4) is 0 Å². The second kappa shape index (κ2) is 6.74. The van der Waals surface area contributed by atoms with Crippen molar-refractivity contribution >= 4 is 34.1 Å². The van der Waals surface area contributed by atoms with Gasteiger partial charge in [-0.1, -0.05) is 49.7 Å². The Labute approximate surface area is 179 Å². The van der Waals surface area contributed by atoms with Gasteiger partial charge in [0.25, 0.3) is 0 Å². The maximum atomic E-state index is 13.3. The first-order valence-corrected chi connectivity index (χ1v) is 10.3. The number of Topliss-reactive ketones (excluding diaryl/α,β-unsaturated/α-hetero) is 1. The Hall–Kier alpha value is -3.05. The largest absolute Gasteiger partial charge is 0.444 e. The molecular formula is C24H22ClN3O2. The second-order valence-corrected chi connectivity index (χ2v) is 9.15. The first-order valence-electron chi connectivity index (χ1n) is 9.96. The Kier molecular flexibility index (Phi) is 4.26. The molecule has 5 nitrogen and oxygen atoms in total. The molecule has 30 heavy (non-hydrogen) atoms. The fourth-order valence-electron chi connectivity index (χ4n) is 4.54. The monoisotopic (exact) mass is 419 g/mol. The zero-order valence-electron chi connectivity index (χ0n) is 16.9. The normalized spacial score (nSPS) is 21.0. The highest BCUT2D eigenvalue weighted by atomic mass is 35.5. The first kappa shape index (κ1) is 18.9. The van der Waals surface area contributed by atoms with Crippen LogP contribution in [0.25, 0.3) is 16.7 Å². The number of ether oxygens (including phenoxy) is 1. The number of nitrogens with zero attached hydrogens (tertiary/aromatic N) is 2. The molecule has 2 aromatic carbocycles. The third kappa shape index (κ3) is 3.01. The highest BCUT2D eigenvalue weighted by Gasteiger charge is 2.43. The first-order chi connectivity index (χ1) is 14.3.